The van der Waals surface area contributed by atoms with Crippen LogP contribution in [0.4, 0.5) is 19.0 Å². The summed E-state index contributed by atoms with van der Waals surface area (Å²) in [6.45, 7) is 0. The Labute approximate surface area is 124 Å². The second-order valence-corrected chi connectivity index (χ2v) is 4.66. The van der Waals surface area contributed by atoms with Gasteiger partial charge in [-0.25, -0.2) is 4.98 Å². The van der Waals surface area contributed by atoms with Gasteiger partial charge in [0.2, 0.25) is 0 Å². The quantitative estimate of drug-likeness (QED) is 0.668. The number of aromatic nitrogens is 1. The number of rotatable bonds is 5. The van der Waals surface area contributed by atoms with Crippen LogP contribution in [0.1, 0.15) is 0 Å². The van der Waals surface area contributed by atoms with E-state index in [-0.39, 0.29) is 11.5 Å². The molecule has 0 aromatic carbocycles. The lowest BCUT2D eigenvalue weighted by Crippen LogP contribution is -2.21. The third-order valence-corrected chi connectivity index (χ3v) is 2.34. The SMILES string of the molecule is CN(C)/C=C/C(=C/C(=O)C(F)(F)F)Nc1ccc(Cl)cn1. The van der Waals surface area contributed by atoms with E-state index in [0.717, 1.165) is 0 Å². The van der Waals surface area contributed by atoms with Crippen molar-refractivity contribution in [2.45, 2.75) is 6.18 Å². The first-order valence-corrected chi connectivity index (χ1v) is 6.12. The first-order valence-electron chi connectivity index (χ1n) is 5.74. The largest absolute Gasteiger partial charge is 0.454 e. The molecule has 4 nitrogen and oxygen atoms in total. The van der Waals surface area contributed by atoms with E-state index in [9.17, 15) is 18.0 Å². The Morgan fingerprint density at radius 2 is 2.05 bits per heavy atom. The molecule has 0 fully saturated rings. The van der Waals surface area contributed by atoms with Crippen LogP contribution in [0, 0.1) is 0 Å². The average molecular weight is 320 g/mol. The molecule has 0 amide bonds. The molecule has 0 atom stereocenters. The molecule has 1 rings (SSSR count). The van der Waals surface area contributed by atoms with Crippen LogP contribution in [-0.2, 0) is 4.79 Å². The van der Waals surface area contributed by atoms with Crippen LogP contribution in [0.15, 0.2) is 42.4 Å². The van der Waals surface area contributed by atoms with Gasteiger partial charge in [-0.2, -0.15) is 13.2 Å². The lowest BCUT2D eigenvalue weighted by Gasteiger charge is -2.09. The fourth-order valence-corrected chi connectivity index (χ4v) is 1.29. The van der Waals surface area contributed by atoms with Crippen LogP contribution in [0.3, 0.4) is 0 Å². The molecule has 21 heavy (non-hydrogen) atoms. The molecule has 8 heteroatoms. The molecule has 1 aromatic rings. The van der Waals surface area contributed by atoms with Crippen LogP contribution in [-0.4, -0.2) is 35.9 Å². The van der Waals surface area contributed by atoms with E-state index >= 15 is 0 Å². The van der Waals surface area contributed by atoms with Gasteiger partial charge in [0.1, 0.15) is 5.82 Å². The van der Waals surface area contributed by atoms with Gasteiger partial charge in [0, 0.05) is 38.3 Å². The summed E-state index contributed by atoms with van der Waals surface area (Å²) < 4.78 is 36.9. The number of anilines is 1. The lowest BCUT2D eigenvalue weighted by molar-refractivity contribution is -0.165. The maximum absolute atomic E-state index is 12.3. The Hall–Kier alpha value is -2.02. The van der Waals surface area contributed by atoms with Gasteiger partial charge < -0.3 is 10.2 Å². The number of ketones is 1. The van der Waals surface area contributed by atoms with E-state index in [0.29, 0.717) is 11.1 Å². The van der Waals surface area contributed by atoms with Crippen LogP contribution in [0.2, 0.25) is 5.02 Å². The summed E-state index contributed by atoms with van der Waals surface area (Å²) in [6, 6.07) is 3.01. The minimum atomic E-state index is -4.92. The van der Waals surface area contributed by atoms with Crippen LogP contribution >= 0.6 is 11.6 Å². The highest BCUT2D eigenvalue weighted by Crippen LogP contribution is 2.18. The maximum atomic E-state index is 12.3. The number of halogens is 4. The number of hydrogen-bond donors (Lipinski definition) is 1. The molecule has 0 aliphatic rings. The van der Waals surface area contributed by atoms with Crippen molar-refractivity contribution in [1.82, 2.24) is 9.88 Å². The number of carbonyl (C=O) groups excluding carboxylic acids is 1. The van der Waals surface area contributed by atoms with Crippen molar-refractivity contribution in [2.24, 2.45) is 0 Å². The fraction of sp³-hybridized carbons (Fsp3) is 0.231. The molecule has 1 aromatic heterocycles. The first-order chi connectivity index (χ1) is 9.68. The molecule has 0 aliphatic heterocycles. The first kappa shape index (κ1) is 17.0. The highest BCUT2D eigenvalue weighted by Gasteiger charge is 2.36. The van der Waals surface area contributed by atoms with Gasteiger partial charge in [0.25, 0.3) is 5.78 Å². The average Bonchev–Trinajstić information content (AvgIpc) is 2.37. The summed E-state index contributed by atoms with van der Waals surface area (Å²) in [4.78, 5) is 16.5. The lowest BCUT2D eigenvalue weighted by atomic mass is 10.2. The topological polar surface area (TPSA) is 45.2 Å². The van der Waals surface area contributed by atoms with Gasteiger partial charge in [-0.05, 0) is 18.2 Å². The van der Waals surface area contributed by atoms with E-state index in [2.05, 4.69) is 10.3 Å². The van der Waals surface area contributed by atoms with Gasteiger partial charge in [0.15, 0.2) is 0 Å². The van der Waals surface area contributed by atoms with Crippen molar-refractivity contribution < 1.29 is 18.0 Å². The summed E-state index contributed by atoms with van der Waals surface area (Å²) >= 11 is 5.67. The smallest absolute Gasteiger partial charge is 0.383 e. The van der Waals surface area contributed by atoms with Gasteiger partial charge in [-0.1, -0.05) is 11.6 Å². The zero-order valence-electron chi connectivity index (χ0n) is 11.3. The van der Waals surface area contributed by atoms with E-state index in [1.54, 1.807) is 19.0 Å². The molecule has 1 N–H and O–H groups in total. The number of pyridine rings is 1. The van der Waals surface area contributed by atoms with Gasteiger partial charge in [0.05, 0.1) is 5.02 Å². The summed E-state index contributed by atoms with van der Waals surface area (Å²) in [5.41, 5.74) is -0.0409. The van der Waals surface area contributed by atoms with Crippen molar-refractivity contribution in [3.05, 3.63) is 47.4 Å². The normalized spacial score (nSPS) is 12.6. The Bertz CT molecular complexity index is 551. The third kappa shape index (κ3) is 6.31. The molecular formula is C13H13ClF3N3O. The molecule has 0 spiro atoms. The van der Waals surface area contributed by atoms with Gasteiger partial charge in [-0.15, -0.1) is 0 Å². The van der Waals surface area contributed by atoms with Crippen LogP contribution in [0.25, 0.3) is 0 Å². The third-order valence-electron chi connectivity index (χ3n) is 2.12. The van der Waals surface area contributed by atoms with Crippen LogP contribution in [0.5, 0.6) is 0 Å². The minimum Gasteiger partial charge on any atom is -0.383 e. The van der Waals surface area contributed by atoms with Gasteiger partial charge >= 0.3 is 6.18 Å². The van der Waals surface area contributed by atoms with Crippen molar-refractivity contribution in [2.75, 3.05) is 19.4 Å². The summed E-state index contributed by atoms with van der Waals surface area (Å²) in [6.07, 6.45) is -0.288. The fourth-order valence-electron chi connectivity index (χ4n) is 1.18. The number of hydrogen-bond acceptors (Lipinski definition) is 4. The minimum absolute atomic E-state index is 0.0409. The summed E-state index contributed by atoms with van der Waals surface area (Å²) in [7, 11) is 3.39. The predicted octanol–water partition coefficient (Wildman–Crippen LogP) is 3.24. The zero-order chi connectivity index (χ0) is 16.0. The van der Waals surface area contributed by atoms with Crippen molar-refractivity contribution in [3.8, 4) is 0 Å². The molecular weight excluding hydrogens is 307 g/mol. The number of alkyl halides is 3. The number of carbonyl (C=O) groups is 1. The van der Waals surface area contributed by atoms with Crippen molar-refractivity contribution in [1.29, 1.82) is 0 Å². The van der Waals surface area contributed by atoms with E-state index in [1.807, 2.05) is 0 Å². The number of allylic oxidation sites excluding steroid dienone is 2. The molecule has 0 unspecified atom stereocenters. The summed E-state index contributed by atoms with van der Waals surface area (Å²) in [5, 5.41) is 3.01. The Morgan fingerprint density at radius 3 is 2.52 bits per heavy atom. The Kier molecular flexibility index (Phi) is 5.78. The van der Waals surface area contributed by atoms with Gasteiger partial charge in [-0.3, -0.25) is 4.79 Å². The molecule has 0 saturated heterocycles. The number of nitrogens with zero attached hydrogens (tertiary/aromatic N) is 2. The molecule has 114 valence electrons. The van der Waals surface area contributed by atoms with Crippen LogP contribution < -0.4 is 5.32 Å². The molecule has 0 aliphatic carbocycles. The Morgan fingerprint density at radius 1 is 1.38 bits per heavy atom. The van der Waals surface area contributed by atoms with E-state index < -0.39 is 12.0 Å². The predicted molar refractivity (Wildman–Crippen MR) is 74.8 cm³/mol. The second kappa shape index (κ2) is 7.12. The summed E-state index contributed by atoms with van der Waals surface area (Å²) in [5.74, 6) is -1.69. The highest BCUT2D eigenvalue weighted by molar-refractivity contribution is 6.30. The molecule has 0 radical (unpaired) electrons. The Balaban J connectivity index is 3.00. The molecule has 0 saturated carbocycles. The number of nitrogens with one attached hydrogen (secondary N) is 1. The highest BCUT2D eigenvalue weighted by atomic mass is 35.5. The van der Waals surface area contributed by atoms with Crippen molar-refractivity contribution >= 4 is 23.2 Å². The monoisotopic (exact) mass is 319 g/mol. The maximum Gasteiger partial charge on any atom is 0.454 e. The van der Waals surface area contributed by atoms with E-state index in [4.69, 9.17) is 11.6 Å². The second-order valence-electron chi connectivity index (χ2n) is 4.23. The van der Waals surface area contributed by atoms with E-state index in [1.165, 1.54) is 30.6 Å². The van der Waals surface area contributed by atoms with Crippen molar-refractivity contribution in [3.63, 3.8) is 0 Å². The standard InChI is InChI=1S/C13H13ClF3N3O/c1-20(2)6-5-10(7-11(21)13(15,16)17)19-12-4-3-9(14)8-18-12/h3-8H,1-2H3,(H,18,19)/b6-5+,10-7-. The molecule has 1 heterocycles. The molecule has 0 bridgehead atoms. The zero-order valence-corrected chi connectivity index (χ0v) is 12.0.